The Balaban J connectivity index is 2.16. The first-order valence-electron chi connectivity index (χ1n) is 5.64. The Morgan fingerprint density at radius 3 is 2.95 bits per heavy atom. The van der Waals surface area contributed by atoms with Crippen molar-refractivity contribution < 1.29 is 4.42 Å². The third-order valence-electron chi connectivity index (χ3n) is 2.90. The molecule has 0 aliphatic heterocycles. The van der Waals surface area contributed by atoms with Gasteiger partial charge in [-0.05, 0) is 24.3 Å². The summed E-state index contributed by atoms with van der Waals surface area (Å²) in [6.07, 6.45) is 1.60. The van der Waals surface area contributed by atoms with Crippen LogP contribution in [-0.2, 0) is 6.54 Å². The van der Waals surface area contributed by atoms with Crippen molar-refractivity contribution in [3.63, 3.8) is 0 Å². The van der Waals surface area contributed by atoms with E-state index in [9.17, 15) is 4.79 Å². The van der Waals surface area contributed by atoms with E-state index < -0.39 is 5.76 Å². The van der Waals surface area contributed by atoms with Crippen LogP contribution in [0, 0.1) is 0 Å². The Morgan fingerprint density at radius 1 is 1.32 bits per heavy atom. The van der Waals surface area contributed by atoms with E-state index >= 15 is 0 Å². The van der Waals surface area contributed by atoms with E-state index in [1.165, 1.54) is 4.57 Å². The lowest BCUT2D eigenvalue weighted by Gasteiger charge is -2.07. The minimum atomic E-state index is -0.479. The molecule has 0 unspecified atom stereocenters. The number of nitrogens with two attached hydrogens (primary N) is 1. The number of hydrogen-bond donors (Lipinski definition) is 1. The van der Waals surface area contributed by atoms with E-state index in [-0.39, 0.29) is 6.54 Å². The number of oxazole rings is 1. The number of fused-ring (bicyclic) bond motifs is 1. The van der Waals surface area contributed by atoms with Crippen LogP contribution in [0.3, 0.4) is 0 Å². The summed E-state index contributed by atoms with van der Waals surface area (Å²) in [6, 6.07) is 8.63. The van der Waals surface area contributed by atoms with Crippen molar-refractivity contribution in [2.75, 3.05) is 5.73 Å². The molecule has 0 radical (unpaired) electrons. The van der Waals surface area contributed by atoms with Gasteiger partial charge in [-0.1, -0.05) is 17.7 Å². The van der Waals surface area contributed by atoms with E-state index in [1.807, 2.05) is 0 Å². The van der Waals surface area contributed by atoms with Crippen molar-refractivity contribution in [3.05, 3.63) is 57.7 Å². The highest BCUT2D eigenvalue weighted by molar-refractivity contribution is 6.31. The molecule has 3 aromatic rings. The zero-order chi connectivity index (χ0) is 13.4. The van der Waals surface area contributed by atoms with Crippen molar-refractivity contribution in [2.45, 2.75) is 6.54 Å². The number of halogens is 1. The zero-order valence-corrected chi connectivity index (χ0v) is 10.6. The summed E-state index contributed by atoms with van der Waals surface area (Å²) in [5.41, 5.74) is 8.01. The van der Waals surface area contributed by atoms with Crippen LogP contribution in [-0.4, -0.2) is 9.55 Å². The summed E-state index contributed by atoms with van der Waals surface area (Å²) in [5.74, 6) is -0.479. The van der Waals surface area contributed by atoms with Crippen LogP contribution in [0.2, 0.25) is 5.02 Å². The monoisotopic (exact) mass is 275 g/mol. The smallest absolute Gasteiger partial charge is 0.406 e. The van der Waals surface area contributed by atoms with Gasteiger partial charge in [0.2, 0.25) is 0 Å². The molecule has 0 bridgehead atoms. The van der Waals surface area contributed by atoms with Gasteiger partial charge in [-0.15, -0.1) is 0 Å². The van der Waals surface area contributed by atoms with Crippen LogP contribution < -0.4 is 11.5 Å². The number of aromatic nitrogens is 2. The summed E-state index contributed by atoms with van der Waals surface area (Å²) in [7, 11) is 0. The molecule has 2 N–H and O–H groups in total. The molecule has 96 valence electrons. The molecule has 0 aliphatic rings. The van der Waals surface area contributed by atoms with Gasteiger partial charge in [-0.3, -0.25) is 4.57 Å². The number of anilines is 1. The first-order valence-corrected chi connectivity index (χ1v) is 6.02. The second kappa shape index (κ2) is 4.44. The van der Waals surface area contributed by atoms with Crippen LogP contribution >= 0.6 is 11.6 Å². The predicted molar refractivity (Wildman–Crippen MR) is 73.2 cm³/mol. The van der Waals surface area contributed by atoms with Crippen LogP contribution in [0.5, 0.6) is 0 Å². The highest BCUT2D eigenvalue weighted by Crippen LogP contribution is 2.23. The number of pyridine rings is 1. The molecule has 3 rings (SSSR count). The van der Waals surface area contributed by atoms with Crippen LogP contribution in [0.25, 0.3) is 11.2 Å². The minimum absolute atomic E-state index is 0.231. The summed E-state index contributed by atoms with van der Waals surface area (Å²) in [5, 5.41) is 0.511. The van der Waals surface area contributed by atoms with Crippen molar-refractivity contribution in [3.8, 4) is 0 Å². The minimum Gasteiger partial charge on any atom is -0.406 e. The van der Waals surface area contributed by atoms with Gasteiger partial charge < -0.3 is 10.2 Å². The molecule has 5 nitrogen and oxygen atoms in total. The van der Waals surface area contributed by atoms with E-state index in [2.05, 4.69) is 4.98 Å². The maximum Gasteiger partial charge on any atom is 0.421 e. The van der Waals surface area contributed by atoms with Crippen LogP contribution in [0.15, 0.2) is 45.7 Å². The fraction of sp³-hybridized carbons (Fsp3) is 0.0769. The average Bonchev–Trinajstić information content (AvgIpc) is 2.70. The van der Waals surface area contributed by atoms with Crippen molar-refractivity contribution in [2.24, 2.45) is 0 Å². The predicted octanol–water partition coefficient (Wildman–Crippen LogP) is 2.27. The van der Waals surface area contributed by atoms with E-state index in [1.54, 1.807) is 36.5 Å². The maximum atomic E-state index is 11.8. The van der Waals surface area contributed by atoms with Gasteiger partial charge in [0.1, 0.15) is 0 Å². The van der Waals surface area contributed by atoms with Gasteiger partial charge in [-0.2, -0.15) is 0 Å². The van der Waals surface area contributed by atoms with Crippen molar-refractivity contribution in [1.29, 1.82) is 0 Å². The molecule has 1 aromatic carbocycles. The van der Waals surface area contributed by atoms with Gasteiger partial charge in [0.25, 0.3) is 0 Å². The number of nitrogens with zero attached hydrogens (tertiary/aromatic N) is 2. The van der Waals surface area contributed by atoms with E-state index in [0.717, 1.165) is 0 Å². The number of hydrogen-bond acceptors (Lipinski definition) is 4. The molecule has 19 heavy (non-hydrogen) atoms. The molecule has 0 spiro atoms. The molecule has 0 saturated carbocycles. The van der Waals surface area contributed by atoms with Crippen LogP contribution in [0.1, 0.15) is 5.56 Å². The van der Waals surface area contributed by atoms with Gasteiger partial charge in [0.05, 0.1) is 6.54 Å². The fourth-order valence-electron chi connectivity index (χ4n) is 1.94. The molecule has 0 saturated heterocycles. The first kappa shape index (κ1) is 11.8. The Kier molecular flexibility index (Phi) is 2.76. The summed E-state index contributed by atoms with van der Waals surface area (Å²) in [6.45, 7) is 0.231. The largest absolute Gasteiger partial charge is 0.421 e. The molecule has 0 fully saturated rings. The third kappa shape index (κ3) is 1.98. The molecule has 0 amide bonds. The molecule has 2 heterocycles. The molecule has 2 aromatic heterocycles. The molecule has 0 aliphatic carbocycles. The Labute approximate surface area is 113 Å². The lowest BCUT2D eigenvalue weighted by molar-refractivity contribution is 0.518. The molecule has 6 heteroatoms. The summed E-state index contributed by atoms with van der Waals surface area (Å²) < 4.78 is 6.52. The quantitative estimate of drug-likeness (QED) is 0.728. The third-order valence-corrected chi connectivity index (χ3v) is 3.25. The topological polar surface area (TPSA) is 74.0 Å². The Morgan fingerprint density at radius 2 is 2.16 bits per heavy atom. The fourth-order valence-corrected chi connectivity index (χ4v) is 2.18. The number of nitrogen functional groups attached to an aromatic ring is 1. The SMILES string of the molecule is Nc1cccc(Cl)c1Cn1c(=O)oc2cccnc21. The molecular formula is C13H10ClN3O2. The summed E-state index contributed by atoms with van der Waals surface area (Å²) >= 11 is 6.10. The van der Waals surface area contributed by atoms with Gasteiger partial charge in [-0.25, -0.2) is 9.78 Å². The Hall–Kier alpha value is -2.27. The Bertz CT molecular complexity index is 787. The second-order valence-corrected chi connectivity index (χ2v) is 4.49. The van der Waals surface area contributed by atoms with Crippen molar-refractivity contribution in [1.82, 2.24) is 9.55 Å². The second-order valence-electron chi connectivity index (χ2n) is 4.09. The normalized spacial score (nSPS) is 11.0. The van der Waals surface area contributed by atoms with Gasteiger partial charge >= 0.3 is 5.76 Å². The summed E-state index contributed by atoms with van der Waals surface area (Å²) in [4.78, 5) is 16.0. The number of benzene rings is 1. The average molecular weight is 276 g/mol. The van der Waals surface area contributed by atoms with Crippen LogP contribution in [0.4, 0.5) is 5.69 Å². The van der Waals surface area contributed by atoms with Gasteiger partial charge in [0.15, 0.2) is 11.2 Å². The highest BCUT2D eigenvalue weighted by Gasteiger charge is 2.13. The maximum absolute atomic E-state index is 11.8. The first-order chi connectivity index (χ1) is 9.16. The standard InChI is InChI=1S/C13H10ClN3O2/c14-9-3-1-4-10(15)8(9)7-17-12-11(19-13(17)18)5-2-6-16-12/h1-6H,7,15H2. The number of rotatable bonds is 2. The van der Waals surface area contributed by atoms with E-state index in [4.69, 9.17) is 21.8 Å². The lowest BCUT2D eigenvalue weighted by Crippen LogP contribution is -2.16. The zero-order valence-electron chi connectivity index (χ0n) is 9.84. The van der Waals surface area contributed by atoms with Gasteiger partial charge in [0, 0.05) is 22.5 Å². The lowest BCUT2D eigenvalue weighted by atomic mass is 10.2. The van der Waals surface area contributed by atoms with Crippen molar-refractivity contribution >= 4 is 28.5 Å². The highest BCUT2D eigenvalue weighted by atomic mass is 35.5. The molecule has 0 atom stereocenters. The molecular weight excluding hydrogens is 266 g/mol. The van der Waals surface area contributed by atoms with E-state index in [0.29, 0.717) is 27.5 Å².